The lowest BCUT2D eigenvalue weighted by molar-refractivity contribution is -0.226. The number of nitrogens with zero attached hydrogens (tertiary/aromatic N) is 1. The van der Waals surface area contributed by atoms with Gasteiger partial charge in [-0.05, 0) is 26.7 Å². The first-order valence-corrected chi connectivity index (χ1v) is 5.99. The zero-order valence-electron chi connectivity index (χ0n) is 8.34. The Balaban J connectivity index is 2.25. The van der Waals surface area contributed by atoms with E-state index in [-0.39, 0.29) is 5.97 Å². The summed E-state index contributed by atoms with van der Waals surface area (Å²) in [6.45, 7) is 7.39. The molecule has 1 rings (SSSR count). The van der Waals surface area contributed by atoms with E-state index in [1.54, 1.807) is 5.06 Å². The summed E-state index contributed by atoms with van der Waals surface area (Å²) in [5.41, 5.74) is -0.393. The van der Waals surface area contributed by atoms with Gasteiger partial charge in [0.1, 0.15) is 0 Å². The normalized spacial score (nSPS) is 19.7. The SMILES string of the molecule is CC(C)(C)C(=O)ON1CC(CI)C1. The molecule has 1 fully saturated rings. The minimum atomic E-state index is -0.393. The van der Waals surface area contributed by atoms with E-state index in [4.69, 9.17) is 4.84 Å². The second-order valence-electron chi connectivity index (χ2n) is 4.50. The highest BCUT2D eigenvalue weighted by Crippen LogP contribution is 2.22. The quantitative estimate of drug-likeness (QED) is 0.575. The van der Waals surface area contributed by atoms with E-state index in [1.165, 1.54) is 0 Å². The van der Waals surface area contributed by atoms with Crippen molar-refractivity contribution in [2.75, 3.05) is 17.5 Å². The molecule has 0 aliphatic carbocycles. The summed E-state index contributed by atoms with van der Waals surface area (Å²) >= 11 is 2.36. The van der Waals surface area contributed by atoms with Gasteiger partial charge in [0.15, 0.2) is 0 Å². The van der Waals surface area contributed by atoms with Crippen LogP contribution in [0.5, 0.6) is 0 Å². The number of hydroxylamine groups is 2. The second-order valence-corrected chi connectivity index (χ2v) is 5.38. The van der Waals surface area contributed by atoms with Crippen LogP contribution < -0.4 is 0 Å². The van der Waals surface area contributed by atoms with E-state index >= 15 is 0 Å². The molecule has 0 spiro atoms. The lowest BCUT2D eigenvalue weighted by atomic mass is 9.97. The third-order valence-electron chi connectivity index (χ3n) is 1.97. The first-order chi connectivity index (χ1) is 5.93. The van der Waals surface area contributed by atoms with Gasteiger partial charge >= 0.3 is 5.97 Å². The number of carbonyl (C=O) groups is 1. The van der Waals surface area contributed by atoms with Crippen molar-refractivity contribution in [3.63, 3.8) is 0 Å². The van der Waals surface area contributed by atoms with Crippen LogP contribution in [0.1, 0.15) is 20.8 Å². The van der Waals surface area contributed by atoms with E-state index in [0.717, 1.165) is 17.5 Å². The predicted molar refractivity (Wildman–Crippen MR) is 59.5 cm³/mol. The first-order valence-electron chi connectivity index (χ1n) is 4.47. The molecule has 0 unspecified atom stereocenters. The number of halogens is 1. The van der Waals surface area contributed by atoms with Crippen LogP contribution in [0.25, 0.3) is 0 Å². The minimum Gasteiger partial charge on any atom is -0.367 e. The molecule has 76 valence electrons. The summed E-state index contributed by atoms with van der Waals surface area (Å²) in [7, 11) is 0. The van der Waals surface area contributed by atoms with Crippen LogP contribution in [-0.2, 0) is 9.63 Å². The molecule has 0 N–H and O–H groups in total. The van der Waals surface area contributed by atoms with E-state index < -0.39 is 5.41 Å². The first kappa shape index (κ1) is 11.2. The molecule has 3 nitrogen and oxygen atoms in total. The topological polar surface area (TPSA) is 29.5 Å². The molecule has 1 heterocycles. The predicted octanol–water partition coefficient (Wildman–Crippen LogP) is 1.86. The Kier molecular flexibility index (Phi) is 3.57. The standard InChI is InChI=1S/C9H16INO2/c1-9(2,3)8(12)13-11-5-7(4-10)6-11/h7H,4-6H2,1-3H3. The van der Waals surface area contributed by atoms with Crippen molar-refractivity contribution < 1.29 is 9.63 Å². The third kappa shape index (κ3) is 3.09. The largest absolute Gasteiger partial charge is 0.367 e. The minimum absolute atomic E-state index is 0.139. The Morgan fingerprint density at radius 1 is 1.54 bits per heavy atom. The average Bonchev–Trinajstić information content (AvgIpc) is 1.93. The number of rotatable bonds is 2. The van der Waals surface area contributed by atoms with Crippen molar-refractivity contribution in [2.24, 2.45) is 11.3 Å². The van der Waals surface area contributed by atoms with E-state index in [9.17, 15) is 4.79 Å². The fourth-order valence-electron chi connectivity index (χ4n) is 0.949. The second kappa shape index (κ2) is 4.13. The molecule has 0 radical (unpaired) electrons. The summed E-state index contributed by atoms with van der Waals surface area (Å²) in [5.74, 6) is 0.563. The monoisotopic (exact) mass is 297 g/mol. The molecule has 0 aromatic heterocycles. The molecule has 0 bridgehead atoms. The van der Waals surface area contributed by atoms with Gasteiger partial charge in [0.25, 0.3) is 0 Å². The van der Waals surface area contributed by atoms with Gasteiger partial charge in [-0.15, -0.1) is 5.06 Å². The van der Waals surface area contributed by atoms with Crippen LogP contribution in [0.15, 0.2) is 0 Å². The van der Waals surface area contributed by atoms with E-state index in [1.807, 2.05) is 20.8 Å². The highest BCUT2D eigenvalue weighted by atomic mass is 127. The fourth-order valence-corrected chi connectivity index (χ4v) is 1.51. The van der Waals surface area contributed by atoms with Crippen LogP contribution >= 0.6 is 22.6 Å². The maximum Gasteiger partial charge on any atom is 0.330 e. The van der Waals surface area contributed by atoms with Crippen LogP contribution in [0.3, 0.4) is 0 Å². The fraction of sp³-hybridized carbons (Fsp3) is 0.889. The zero-order chi connectivity index (χ0) is 10.1. The van der Waals surface area contributed by atoms with Gasteiger partial charge in [-0.2, -0.15) is 0 Å². The molecule has 1 aliphatic heterocycles. The molecular weight excluding hydrogens is 281 g/mol. The summed E-state index contributed by atoms with van der Waals surface area (Å²) in [6.07, 6.45) is 0. The number of alkyl halides is 1. The molecular formula is C9H16INO2. The van der Waals surface area contributed by atoms with Crippen molar-refractivity contribution in [3.8, 4) is 0 Å². The van der Waals surface area contributed by atoms with Crippen LogP contribution in [-0.4, -0.2) is 28.5 Å². The van der Waals surface area contributed by atoms with Crippen molar-refractivity contribution in [2.45, 2.75) is 20.8 Å². The average molecular weight is 297 g/mol. The third-order valence-corrected chi connectivity index (χ3v) is 3.21. The van der Waals surface area contributed by atoms with E-state index in [0.29, 0.717) is 5.92 Å². The molecule has 0 aromatic rings. The molecule has 0 amide bonds. The van der Waals surface area contributed by atoms with Crippen molar-refractivity contribution in [3.05, 3.63) is 0 Å². The smallest absolute Gasteiger partial charge is 0.330 e. The van der Waals surface area contributed by atoms with Crippen molar-refractivity contribution >= 4 is 28.6 Å². The molecule has 1 saturated heterocycles. The van der Waals surface area contributed by atoms with Crippen molar-refractivity contribution in [1.29, 1.82) is 0 Å². The Labute approximate surface area is 92.9 Å². The van der Waals surface area contributed by atoms with Crippen LogP contribution in [0, 0.1) is 11.3 Å². The lowest BCUT2D eigenvalue weighted by Crippen LogP contribution is -2.49. The van der Waals surface area contributed by atoms with Crippen molar-refractivity contribution in [1.82, 2.24) is 5.06 Å². The maximum atomic E-state index is 11.4. The van der Waals surface area contributed by atoms with E-state index in [2.05, 4.69) is 22.6 Å². The molecule has 0 aromatic carbocycles. The molecule has 13 heavy (non-hydrogen) atoms. The van der Waals surface area contributed by atoms with Gasteiger partial charge < -0.3 is 4.84 Å². The highest BCUT2D eigenvalue weighted by Gasteiger charge is 2.32. The highest BCUT2D eigenvalue weighted by molar-refractivity contribution is 14.1. The summed E-state index contributed by atoms with van der Waals surface area (Å²) in [4.78, 5) is 16.6. The molecule has 0 atom stereocenters. The van der Waals surface area contributed by atoms with Gasteiger partial charge in [-0.25, -0.2) is 4.79 Å². The van der Waals surface area contributed by atoms with Crippen LogP contribution in [0.4, 0.5) is 0 Å². The molecule has 0 saturated carbocycles. The Hall–Kier alpha value is 0.160. The van der Waals surface area contributed by atoms with Gasteiger partial charge in [0.2, 0.25) is 0 Å². The molecule has 1 aliphatic rings. The van der Waals surface area contributed by atoms with Gasteiger partial charge in [-0.3, -0.25) is 0 Å². The number of hydrogen-bond donors (Lipinski definition) is 0. The lowest BCUT2D eigenvalue weighted by Gasteiger charge is -2.37. The Morgan fingerprint density at radius 2 is 2.08 bits per heavy atom. The van der Waals surface area contributed by atoms with Crippen LogP contribution in [0.2, 0.25) is 0 Å². The number of carbonyl (C=O) groups excluding carboxylic acids is 1. The maximum absolute atomic E-state index is 11.4. The Morgan fingerprint density at radius 3 is 2.46 bits per heavy atom. The number of hydrogen-bond acceptors (Lipinski definition) is 3. The van der Waals surface area contributed by atoms with Gasteiger partial charge in [0, 0.05) is 17.5 Å². The Bertz CT molecular complexity index is 194. The van der Waals surface area contributed by atoms with Gasteiger partial charge in [-0.1, -0.05) is 22.6 Å². The molecule has 4 heteroatoms. The summed E-state index contributed by atoms with van der Waals surface area (Å²) < 4.78 is 1.14. The summed E-state index contributed by atoms with van der Waals surface area (Å²) in [5, 5.41) is 1.75. The van der Waals surface area contributed by atoms with Gasteiger partial charge in [0.05, 0.1) is 5.41 Å². The summed E-state index contributed by atoms with van der Waals surface area (Å²) in [6, 6.07) is 0. The zero-order valence-corrected chi connectivity index (χ0v) is 10.5.